The van der Waals surface area contributed by atoms with Crippen LogP contribution in [0.25, 0.3) is 0 Å². The first kappa shape index (κ1) is 10.3. The van der Waals surface area contributed by atoms with Crippen molar-refractivity contribution in [2.24, 2.45) is 7.05 Å². The SMILES string of the molecule is Cn1cc(N)c(N(Cc2ccco2)C2CC2)n1. The van der Waals surface area contributed by atoms with E-state index >= 15 is 0 Å². The highest BCUT2D eigenvalue weighted by atomic mass is 16.3. The summed E-state index contributed by atoms with van der Waals surface area (Å²) in [6, 6.07) is 4.44. The molecule has 0 bridgehead atoms. The second-order valence-corrected chi connectivity index (χ2v) is 4.52. The van der Waals surface area contributed by atoms with E-state index in [0.29, 0.717) is 6.04 Å². The van der Waals surface area contributed by atoms with Crippen molar-refractivity contribution in [1.29, 1.82) is 0 Å². The summed E-state index contributed by atoms with van der Waals surface area (Å²) in [6.45, 7) is 0.735. The molecule has 2 N–H and O–H groups in total. The van der Waals surface area contributed by atoms with Crippen LogP contribution in [0.2, 0.25) is 0 Å². The molecule has 17 heavy (non-hydrogen) atoms. The molecule has 0 aliphatic heterocycles. The highest BCUT2D eigenvalue weighted by Crippen LogP contribution is 2.34. The number of nitrogens with zero attached hydrogens (tertiary/aromatic N) is 3. The number of nitrogen functional groups attached to an aromatic ring is 1. The maximum atomic E-state index is 5.98. The van der Waals surface area contributed by atoms with Gasteiger partial charge in [0.25, 0.3) is 0 Å². The maximum absolute atomic E-state index is 5.98. The predicted molar refractivity (Wildman–Crippen MR) is 65.5 cm³/mol. The normalized spacial score (nSPS) is 15.1. The van der Waals surface area contributed by atoms with E-state index in [1.165, 1.54) is 12.8 Å². The first-order valence-electron chi connectivity index (χ1n) is 5.82. The molecule has 0 atom stereocenters. The summed E-state index contributed by atoms with van der Waals surface area (Å²) in [6.07, 6.45) is 5.95. The molecule has 0 amide bonds. The molecule has 3 rings (SSSR count). The Hall–Kier alpha value is -1.91. The minimum atomic E-state index is 0.553. The molecule has 0 spiro atoms. The van der Waals surface area contributed by atoms with Crippen LogP contribution < -0.4 is 10.6 Å². The molecule has 5 heteroatoms. The van der Waals surface area contributed by atoms with Crippen LogP contribution in [-0.2, 0) is 13.6 Å². The van der Waals surface area contributed by atoms with E-state index in [-0.39, 0.29) is 0 Å². The Morgan fingerprint density at radius 1 is 1.59 bits per heavy atom. The van der Waals surface area contributed by atoms with Crippen molar-refractivity contribution in [2.45, 2.75) is 25.4 Å². The highest BCUT2D eigenvalue weighted by Gasteiger charge is 2.32. The summed E-state index contributed by atoms with van der Waals surface area (Å²) in [5.41, 5.74) is 6.71. The molecule has 90 valence electrons. The lowest BCUT2D eigenvalue weighted by atomic mass is 10.3. The average molecular weight is 232 g/mol. The molecule has 1 aliphatic rings. The lowest BCUT2D eigenvalue weighted by molar-refractivity contribution is 0.499. The molecule has 0 saturated heterocycles. The number of furan rings is 1. The lowest BCUT2D eigenvalue weighted by Crippen LogP contribution is -2.26. The molecule has 0 aromatic carbocycles. The van der Waals surface area contributed by atoms with Gasteiger partial charge in [-0.1, -0.05) is 0 Å². The van der Waals surface area contributed by atoms with Gasteiger partial charge in [-0.15, -0.1) is 0 Å². The molecule has 0 unspecified atom stereocenters. The van der Waals surface area contributed by atoms with Crippen LogP contribution in [0.15, 0.2) is 29.0 Å². The van der Waals surface area contributed by atoms with Crippen LogP contribution in [-0.4, -0.2) is 15.8 Å². The van der Waals surface area contributed by atoms with Crippen molar-refractivity contribution in [3.05, 3.63) is 30.4 Å². The topological polar surface area (TPSA) is 60.2 Å². The number of anilines is 2. The third-order valence-electron chi connectivity index (χ3n) is 3.00. The van der Waals surface area contributed by atoms with Crippen molar-refractivity contribution < 1.29 is 4.42 Å². The summed E-state index contributed by atoms with van der Waals surface area (Å²) in [5.74, 6) is 1.81. The second-order valence-electron chi connectivity index (χ2n) is 4.52. The highest BCUT2D eigenvalue weighted by molar-refractivity contribution is 5.62. The molecule has 2 aromatic heterocycles. The molecular formula is C12H16N4O. The minimum Gasteiger partial charge on any atom is -0.467 e. The van der Waals surface area contributed by atoms with Gasteiger partial charge in [-0.25, -0.2) is 0 Å². The third-order valence-corrected chi connectivity index (χ3v) is 3.00. The zero-order chi connectivity index (χ0) is 11.8. The van der Waals surface area contributed by atoms with Crippen LogP contribution in [0.4, 0.5) is 11.5 Å². The minimum absolute atomic E-state index is 0.553. The van der Waals surface area contributed by atoms with Crippen molar-refractivity contribution in [3.8, 4) is 0 Å². The molecule has 1 saturated carbocycles. The Balaban J connectivity index is 1.87. The zero-order valence-corrected chi connectivity index (χ0v) is 9.84. The monoisotopic (exact) mass is 232 g/mol. The van der Waals surface area contributed by atoms with Crippen molar-refractivity contribution in [2.75, 3.05) is 10.6 Å². The van der Waals surface area contributed by atoms with Gasteiger partial charge in [-0.05, 0) is 25.0 Å². The Morgan fingerprint density at radius 2 is 2.41 bits per heavy atom. The quantitative estimate of drug-likeness (QED) is 0.872. The van der Waals surface area contributed by atoms with E-state index in [1.54, 1.807) is 10.9 Å². The van der Waals surface area contributed by atoms with Crippen molar-refractivity contribution >= 4 is 11.5 Å². The standard InChI is InChI=1S/C12H16N4O/c1-15-8-11(13)12(14-15)16(9-4-5-9)7-10-3-2-6-17-10/h2-3,6,8-9H,4-5,7,13H2,1H3. The summed E-state index contributed by atoms with van der Waals surface area (Å²) in [5, 5.41) is 4.43. The number of aryl methyl sites for hydroxylation is 1. The fourth-order valence-electron chi connectivity index (χ4n) is 2.05. The predicted octanol–water partition coefficient (Wildman–Crippen LogP) is 1.76. The van der Waals surface area contributed by atoms with Gasteiger partial charge in [0.05, 0.1) is 18.5 Å². The van der Waals surface area contributed by atoms with E-state index in [1.807, 2.05) is 25.4 Å². The molecule has 2 heterocycles. The summed E-state index contributed by atoms with van der Waals surface area (Å²) in [7, 11) is 1.89. The van der Waals surface area contributed by atoms with Gasteiger partial charge in [-0.3, -0.25) is 4.68 Å². The Labute approximate surface area is 99.8 Å². The lowest BCUT2D eigenvalue weighted by Gasteiger charge is -2.21. The average Bonchev–Trinajstić information content (AvgIpc) is 2.90. The van der Waals surface area contributed by atoms with Crippen LogP contribution in [0.1, 0.15) is 18.6 Å². The number of rotatable bonds is 4. The molecule has 5 nitrogen and oxygen atoms in total. The third kappa shape index (κ3) is 2.00. The zero-order valence-electron chi connectivity index (χ0n) is 9.84. The van der Waals surface area contributed by atoms with E-state index in [4.69, 9.17) is 10.2 Å². The second kappa shape index (κ2) is 3.84. The summed E-state index contributed by atoms with van der Waals surface area (Å²) in [4.78, 5) is 2.23. The first-order valence-corrected chi connectivity index (χ1v) is 5.82. The van der Waals surface area contributed by atoms with Crippen molar-refractivity contribution in [1.82, 2.24) is 9.78 Å². The maximum Gasteiger partial charge on any atom is 0.174 e. The van der Waals surface area contributed by atoms with Crippen LogP contribution in [0.3, 0.4) is 0 Å². The van der Waals surface area contributed by atoms with Gasteiger partial charge in [-0.2, -0.15) is 5.10 Å². The van der Waals surface area contributed by atoms with Gasteiger partial charge >= 0.3 is 0 Å². The smallest absolute Gasteiger partial charge is 0.174 e. The fraction of sp³-hybridized carbons (Fsp3) is 0.417. The fourth-order valence-corrected chi connectivity index (χ4v) is 2.05. The van der Waals surface area contributed by atoms with E-state index < -0.39 is 0 Å². The van der Waals surface area contributed by atoms with Crippen molar-refractivity contribution in [3.63, 3.8) is 0 Å². The number of nitrogens with two attached hydrogens (primary N) is 1. The molecule has 1 fully saturated rings. The van der Waals surface area contributed by atoms with E-state index in [2.05, 4.69) is 10.00 Å². The summed E-state index contributed by atoms with van der Waals surface area (Å²) < 4.78 is 7.15. The van der Waals surface area contributed by atoms with Gasteiger partial charge in [0.15, 0.2) is 5.82 Å². The largest absolute Gasteiger partial charge is 0.467 e. The Morgan fingerprint density at radius 3 is 2.94 bits per heavy atom. The van der Waals surface area contributed by atoms with Gasteiger partial charge < -0.3 is 15.1 Å². The number of hydrogen-bond donors (Lipinski definition) is 1. The molecule has 0 radical (unpaired) electrons. The summed E-state index contributed by atoms with van der Waals surface area (Å²) >= 11 is 0. The first-order chi connectivity index (χ1) is 8.24. The van der Waals surface area contributed by atoms with Gasteiger partial charge in [0.2, 0.25) is 0 Å². The molecule has 2 aromatic rings. The van der Waals surface area contributed by atoms with Gasteiger partial charge in [0, 0.05) is 19.3 Å². The Bertz CT molecular complexity index is 499. The number of hydrogen-bond acceptors (Lipinski definition) is 4. The van der Waals surface area contributed by atoms with Crippen LogP contribution in [0.5, 0.6) is 0 Å². The van der Waals surface area contributed by atoms with E-state index in [0.717, 1.165) is 23.8 Å². The molecule has 1 aliphatic carbocycles. The van der Waals surface area contributed by atoms with Crippen LogP contribution >= 0.6 is 0 Å². The number of aromatic nitrogens is 2. The Kier molecular flexibility index (Phi) is 2.31. The molecular weight excluding hydrogens is 216 g/mol. The van der Waals surface area contributed by atoms with Crippen LogP contribution in [0, 0.1) is 0 Å². The van der Waals surface area contributed by atoms with Gasteiger partial charge in [0.1, 0.15) is 5.76 Å². The van der Waals surface area contributed by atoms with E-state index in [9.17, 15) is 0 Å².